The molecule has 0 aromatic carbocycles. The summed E-state index contributed by atoms with van der Waals surface area (Å²) in [7, 11) is 1.20. The summed E-state index contributed by atoms with van der Waals surface area (Å²) >= 11 is 0. The lowest BCUT2D eigenvalue weighted by atomic mass is 9.51. The van der Waals surface area contributed by atoms with E-state index < -0.39 is 0 Å². The molecule has 0 aromatic rings. The van der Waals surface area contributed by atoms with Crippen LogP contribution in [0.5, 0.6) is 0 Å². The van der Waals surface area contributed by atoms with Gasteiger partial charge in [-0.1, -0.05) is 46.1 Å². The van der Waals surface area contributed by atoms with Crippen LogP contribution in [-0.4, -0.2) is 17.1 Å². The van der Waals surface area contributed by atoms with Crippen molar-refractivity contribution in [2.24, 2.45) is 23.2 Å². The summed E-state index contributed by atoms with van der Waals surface area (Å²) in [6.45, 7) is 9.61. The van der Waals surface area contributed by atoms with Gasteiger partial charge in [-0.25, -0.2) is 0 Å². The maximum Gasteiger partial charge on any atom is 0.155 e. The molecule has 0 N–H and O–H groups in total. The Balaban J connectivity index is 1.91. The second-order valence-corrected chi connectivity index (χ2v) is 11.1. The summed E-state index contributed by atoms with van der Waals surface area (Å²) in [5.74, 6) is 2.81. The second-order valence-electron chi connectivity index (χ2n) is 9.19. The molecule has 142 valence electrons. The highest BCUT2D eigenvalue weighted by Gasteiger charge is 2.51. The lowest BCUT2D eigenvalue weighted by molar-refractivity contribution is -0.116. The Kier molecular flexibility index (Phi) is 6.46. The molecule has 0 bridgehead atoms. The molecule has 7 unspecified atom stereocenters. The molecule has 1 heterocycles. The standard InChI is InChI=1S/C23H39OP/c1-5-8-9-20-19(22-11-10-18(7-3)25-22)14-16(6-2)21-15-17(24)12-13-23(20,21)4/h15-16,18-20,22,25H,5-14H2,1-4H3. The molecule has 1 nitrogen and oxygen atoms in total. The molecule has 7 atom stereocenters. The Morgan fingerprint density at radius 1 is 1.20 bits per heavy atom. The third kappa shape index (κ3) is 3.78. The van der Waals surface area contributed by atoms with E-state index in [0.717, 1.165) is 36.0 Å². The van der Waals surface area contributed by atoms with Crippen LogP contribution >= 0.6 is 8.58 Å². The summed E-state index contributed by atoms with van der Waals surface area (Å²) in [6, 6.07) is 0. The molecule has 3 rings (SSSR count). The summed E-state index contributed by atoms with van der Waals surface area (Å²) in [5.41, 5.74) is 3.85. The van der Waals surface area contributed by atoms with E-state index >= 15 is 0 Å². The van der Waals surface area contributed by atoms with Gasteiger partial charge in [0.1, 0.15) is 0 Å². The van der Waals surface area contributed by atoms with E-state index in [-0.39, 0.29) is 0 Å². The van der Waals surface area contributed by atoms with Crippen LogP contribution < -0.4 is 0 Å². The highest BCUT2D eigenvalue weighted by atomic mass is 31.1. The van der Waals surface area contributed by atoms with Crippen LogP contribution in [0.3, 0.4) is 0 Å². The molecule has 0 spiro atoms. The number of carbonyl (C=O) groups excluding carboxylic acids is 1. The Morgan fingerprint density at radius 2 is 2.00 bits per heavy atom. The van der Waals surface area contributed by atoms with Gasteiger partial charge in [-0.2, -0.15) is 0 Å². The van der Waals surface area contributed by atoms with Gasteiger partial charge in [-0.05, 0) is 85.5 Å². The van der Waals surface area contributed by atoms with E-state index in [1.54, 1.807) is 5.57 Å². The third-order valence-corrected chi connectivity index (χ3v) is 10.2. The predicted octanol–water partition coefficient (Wildman–Crippen LogP) is 6.75. The number of carbonyl (C=O) groups is 1. The normalized spacial score (nSPS) is 42.5. The average Bonchev–Trinajstić information content (AvgIpc) is 3.09. The van der Waals surface area contributed by atoms with E-state index in [9.17, 15) is 4.79 Å². The smallest absolute Gasteiger partial charge is 0.155 e. The van der Waals surface area contributed by atoms with Gasteiger partial charge in [-0.3, -0.25) is 4.79 Å². The number of rotatable bonds is 6. The van der Waals surface area contributed by atoms with Gasteiger partial charge < -0.3 is 0 Å². The molecule has 2 heteroatoms. The first kappa shape index (κ1) is 19.6. The molecule has 3 aliphatic rings. The predicted molar refractivity (Wildman–Crippen MR) is 111 cm³/mol. The van der Waals surface area contributed by atoms with Crippen LogP contribution in [0.4, 0.5) is 0 Å². The summed E-state index contributed by atoms with van der Waals surface area (Å²) in [6.07, 6.45) is 15.0. The van der Waals surface area contributed by atoms with Crippen molar-refractivity contribution in [2.75, 3.05) is 0 Å². The molecule has 2 fully saturated rings. The van der Waals surface area contributed by atoms with E-state index in [4.69, 9.17) is 0 Å². The minimum atomic E-state index is 0.307. The molecule has 0 radical (unpaired) electrons. The van der Waals surface area contributed by atoms with Gasteiger partial charge in [0.2, 0.25) is 0 Å². The van der Waals surface area contributed by atoms with Crippen LogP contribution in [0.25, 0.3) is 0 Å². The quantitative estimate of drug-likeness (QED) is 0.477. The first-order chi connectivity index (χ1) is 12.0. The van der Waals surface area contributed by atoms with Crippen molar-refractivity contribution in [3.05, 3.63) is 11.6 Å². The fourth-order valence-corrected chi connectivity index (χ4v) is 8.43. The van der Waals surface area contributed by atoms with Gasteiger partial charge in [0.25, 0.3) is 0 Å². The van der Waals surface area contributed by atoms with Gasteiger partial charge in [0.05, 0.1) is 0 Å². The molecular formula is C23H39OP. The zero-order valence-electron chi connectivity index (χ0n) is 16.9. The van der Waals surface area contributed by atoms with Crippen LogP contribution in [0, 0.1) is 23.2 Å². The number of hydrogen-bond donors (Lipinski definition) is 0. The molecule has 1 saturated carbocycles. The number of fused-ring (bicyclic) bond motifs is 1. The van der Waals surface area contributed by atoms with Crippen LogP contribution in [0.1, 0.15) is 91.9 Å². The molecule has 1 saturated heterocycles. The van der Waals surface area contributed by atoms with Crippen LogP contribution in [0.2, 0.25) is 0 Å². The molecule has 25 heavy (non-hydrogen) atoms. The minimum Gasteiger partial charge on any atom is -0.295 e. The SMILES string of the molecule is CCCCC1C(C2CCC(CC)P2)CC(CC)C2=CC(=O)CCC21C. The zero-order chi connectivity index (χ0) is 18.0. The van der Waals surface area contributed by atoms with E-state index in [1.165, 1.54) is 59.9 Å². The number of hydrogen-bond acceptors (Lipinski definition) is 1. The van der Waals surface area contributed by atoms with Gasteiger partial charge >= 0.3 is 0 Å². The molecule has 0 aromatic heterocycles. The van der Waals surface area contributed by atoms with E-state index in [2.05, 4.69) is 33.8 Å². The number of allylic oxidation sites excluding steroid dienone is 2. The Morgan fingerprint density at radius 3 is 2.64 bits per heavy atom. The lowest BCUT2D eigenvalue weighted by Gasteiger charge is -2.54. The maximum absolute atomic E-state index is 12.2. The number of unbranched alkanes of at least 4 members (excludes halogenated alkanes) is 1. The van der Waals surface area contributed by atoms with Crippen molar-refractivity contribution in [1.29, 1.82) is 0 Å². The Labute approximate surface area is 157 Å². The van der Waals surface area contributed by atoms with Crippen molar-refractivity contribution in [3.63, 3.8) is 0 Å². The van der Waals surface area contributed by atoms with Gasteiger partial charge in [0, 0.05) is 6.42 Å². The Hall–Kier alpha value is -0.160. The fraction of sp³-hybridized carbons (Fsp3) is 0.870. The first-order valence-electron chi connectivity index (χ1n) is 11.0. The van der Waals surface area contributed by atoms with E-state index in [1.807, 2.05) is 0 Å². The van der Waals surface area contributed by atoms with Gasteiger partial charge in [-0.15, -0.1) is 8.58 Å². The van der Waals surface area contributed by atoms with Crippen molar-refractivity contribution in [3.8, 4) is 0 Å². The Bertz CT molecular complexity index is 510. The van der Waals surface area contributed by atoms with Crippen molar-refractivity contribution in [1.82, 2.24) is 0 Å². The third-order valence-electron chi connectivity index (χ3n) is 7.85. The van der Waals surface area contributed by atoms with Gasteiger partial charge in [0.15, 0.2) is 5.78 Å². The highest BCUT2D eigenvalue weighted by Crippen LogP contribution is 2.61. The van der Waals surface area contributed by atoms with Crippen LogP contribution in [-0.2, 0) is 4.79 Å². The summed E-state index contributed by atoms with van der Waals surface area (Å²) < 4.78 is 0. The molecular weight excluding hydrogens is 323 g/mol. The van der Waals surface area contributed by atoms with Crippen molar-refractivity contribution >= 4 is 14.4 Å². The molecule has 2 aliphatic carbocycles. The zero-order valence-corrected chi connectivity index (χ0v) is 17.9. The maximum atomic E-state index is 12.2. The largest absolute Gasteiger partial charge is 0.295 e. The lowest BCUT2D eigenvalue weighted by Crippen LogP contribution is -2.47. The van der Waals surface area contributed by atoms with Crippen molar-refractivity contribution in [2.45, 2.75) is 103 Å². The summed E-state index contributed by atoms with van der Waals surface area (Å²) in [5, 5.41) is 0. The minimum absolute atomic E-state index is 0.307. The summed E-state index contributed by atoms with van der Waals surface area (Å²) in [4.78, 5) is 12.2. The van der Waals surface area contributed by atoms with Crippen molar-refractivity contribution < 1.29 is 4.79 Å². The fourth-order valence-electron chi connectivity index (χ4n) is 6.31. The first-order valence-corrected chi connectivity index (χ1v) is 12.2. The van der Waals surface area contributed by atoms with E-state index in [0.29, 0.717) is 17.1 Å². The van der Waals surface area contributed by atoms with Crippen LogP contribution in [0.15, 0.2) is 11.6 Å². The monoisotopic (exact) mass is 362 g/mol. The average molecular weight is 363 g/mol. The second kappa shape index (κ2) is 8.24. The topological polar surface area (TPSA) is 17.1 Å². The number of ketones is 1. The molecule has 0 amide bonds. The molecule has 1 aliphatic heterocycles. The highest BCUT2D eigenvalue weighted by molar-refractivity contribution is 7.40.